The van der Waals surface area contributed by atoms with E-state index in [1.54, 1.807) is 12.1 Å². The smallest absolute Gasteiger partial charge is 0.259 e. The zero-order chi connectivity index (χ0) is 19.8. The fraction of sp³-hybridized carbons (Fsp3) is 0.381. The molecule has 1 amide bonds. The van der Waals surface area contributed by atoms with Crippen LogP contribution in [0.2, 0.25) is 0 Å². The van der Waals surface area contributed by atoms with Crippen LogP contribution in [0.5, 0.6) is 0 Å². The summed E-state index contributed by atoms with van der Waals surface area (Å²) in [5.41, 5.74) is 1.68. The van der Waals surface area contributed by atoms with Gasteiger partial charge in [0.15, 0.2) is 0 Å². The van der Waals surface area contributed by atoms with Gasteiger partial charge in [0.1, 0.15) is 16.5 Å². The predicted molar refractivity (Wildman–Crippen MR) is 108 cm³/mol. The van der Waals surface area contributed by atoms with E-state index in [-0.39, 0.29) is 29.6 Å². The lowest BCUT2D eigenvalue weighted by Crippen LogP contribution is -2.40. The zero-order valence-electron chi connectivity index (χ0n) is 15.9. The molecule has 5 nitrogen and oxygen atoms in total. The number of carbonyl (C=O) groups is 1. The number of piperidine rings is 1. The molecule has 0 saturated carbocycles. The maximum atomic E-state index is 13.1. The molecule has 28 heavy (non-hydrogen) atoms. The lowest BCUT2D eigenvalue weighted by molar-refractivity contribution is -0.131. The van der Waals surface area contributed by atoms with Gasteiger partial charge in [-0.3, -0.25) is 9.59 Å². The molecule has 1 aromatic carbocycles. The number of aromatic nitrogens is 2. The number of thiophene rings is 1. The molecule has 1 N–H and O–H groups in total. The van der Waals surface area contributed by atoms with Gasteiger partial charge in [0.05, 0.1) is 11.8 Å². The van der Waals surface area contributed by atoms with E-state index in [0.717, 1.165) is 33.7 Å². The fourth-order valence-corrected chi connectivity index (χ4v) is 4.82. The number of rotatable bonds is 3. The number of halogens is 1. The van der Waals surface area contributed by atoms with E-state index in [1.807, 2.05) is 18.7 Å². The molecular weight excluding hydrogens is 377 g/mol. The number of benzene rings is 1. The van der Waals surface area contributed by atoms with Crippen LogP contribution in [0.3, 0.4) is 0 Å². The van der Waals surface area contributed by atoms with Crippen molar-refractivity contribution >= 4 is 27.5 Å². The fourth-order valence-electron chi connectivity index (χ4n) is 3.78. The Morgan fingerprint density at radius 2 is 2.07 bits per heavy atom. The summed E-state index contributed by atoms with van der Waals surface area (Å²) >= 11 is 1.54. The molecule has 7 heteroatoms. The highest BCUT2D eigenvalue weighted by Crippen LogP contribution is 2.29. The molecule has 1 atom stereocenters. The number of fused-ring (bicyclic) bond motifs is 1. The number of carbonyl (C=O) groups excluding carboxylic acids is 1. The zero-order valence-corrected chi connectivity index (χ0v) is 16.7. The third-order valence-electron chi connectivity index (χ3n) is 5.49. The van der Waals surface area contributed by atoms with Crippen molar-refractivity contribution in [2.45, 2.75) is 39.0 Å². The Morgan fingerprint density at radius 3 is 2.82 bits per heavy atom. The maximum absolute atomic E-state index is 13.1. The first-order valence-corrected chi connectivity index (χ1v) is 10.3. The summed E-state index contributed by atoms with van der Waals surface area (Å²) in [6.07, 6.45) is 2.00. The van der Waals surface area contributed by atoms with Crippen molar-refractivity contribution in [2.24, 2.45) is 0 Å². The van der Waals surface area contributed by atoms with Crippen LogP contribution in [0.25, 0.3) is 10.2 Å². The molecule has 146 valence electrons. The highest BCUT2D eigenvalue weighted by molar-refractivity contribution is 7.18. The summed E-state index contributed by atoms with van der Waals surface area (Å²) in [6, 6.07) is 6.03. The highest BCUT2D eigenvalue weighted by atomic mass is 32.1. The van der Waals surface area contributed by atoms with Crippen LogP contribution in [0.4, 0.5) is 4.39 Å². The van der Waals surface area contributed by atoms with Crippen LogP contribution >= 0.6 is 11.3 Å². The highest BCUT2D eigenvalue weighted by Gasteiger charge is 2.27. The van der Waals surface area contributed by atoms with Crippen LogP contribution in [0.15, 0.2) is 29.1 Å². The average molecular weight is 399 g/mol. The Hall–Kier alpha value is -2.54. The standard InChI is InChI=1S/C21H22FN3O2S/c1-12-13(2)28-21-18(12)20(27)23-19(24-21)15-4-3-9-25(11-15)17(26)10-14-5-7-16(22)8-6-14/h5-8,15H,3-4,9-11H2,1-2H3,(H,23,24,27)/t15-/m0/s1. The van der Waals surface area contributed by atoms with E-state index >= 15 is 0 Å². The van der Waals surface area contributed by atoms with Crippen molar-refractivity contribution in [1.82, 2.24) is 14.9 Å². The molecule has 0 bridgehead atoms. The lowest BCUT2D eigenvalue weighted by atomic mass is 9.96. The Bertz CT molecular complexity index is 1090. The number of aromatic amines is 1. The van der Waals surface area contributed by atoms with Crippen molar-refractivity contribution < 1.29 is 9.18 Å². The largest absolute Gasteiger partial charge is 0.342 e. The van der Waals surface area contributed by atoms with Gasteiger partial charge in [-0.05, 0) is 49.9 Å². The lowest BCUT2D eigenvalue weighted by Gasteiger charge is -2.32. The number of aryl methyl sites for hydroxylation is 2. The minimum absolute atomic E-state index is 0.0162. The number of hydrogen-bond donors (Lipinski definition) is 1. The molecule has 0 aliphatic carbocycles. The van der Waals surface area contributed by atoms with E-state index < -0.39 is 0 Å². The van der Waals surface area contributed by atoms with Gasteiger partial charge >= 0.3 is 0 Å². The van der Waals surface area contributed by atoms with Gasteiger partial charge in [-0.1, -0.05) is 12.1 Å². The molecule has 3 heterocycles. The molecule has 3 aromatic rings. The minimum Gasteiger partial charge on any atom is -0.342 e. The number of likely N-dealkylation sites (tertiary alicyclic amines) is 1. The summed E-state index contributed by atoms with van der Waals surface area (Å²) in [6.45, 7) is 5.18. The first kappa shape index (κ1) is 18.8. The molecule has 0 spiro atoms. The summed E-state index contributed by atoms with van der Waals surface area (Å²) < 4.78 is 13.1. The third kappa shape index (κ3) is 3.58. The Kier molecular flexibility index (Phi) is 5.02. The quantitative estimate of drug-likeness (QED) is 0.730. The van der Waals surface area contributed by atoms with Gasteiger partial charge in [0.25, 0.3) is 5.56 Å². The van der Waals surface area contributed by atoms with Crippen LogP contribution in [-0.4, -0.2) is 33.9 Å². The molecule has 1 aliphatic heterocycles. The van der Waals surface area contributed by atoms with Crippen molar-refractivity contribution in [2.75, 3.05) is 13.1 Å². The van der Waals surface area contributed by atoms with Crippen molar-refractivity contribution in [1.29, 1.82) is 0 Å². The minimum atomic E-state index is -0.307. The maximum Gasteiger partial charge on any atom is 0.259 e. The molecule has 1 aliphatic rings. The normalized spacial score (nSPS) is 17.2. The summed E-state index contributed by atoms with van der Waals surface area (Å²) in [4.78, 5) is 36.6. The van der Waals surface area contributed by atoms with Gasteiger partial charge in [-0.25, -0.2) is 9.37 Å². The van der Waals surface area contributed by atoms with Gasteiger partial charge in [0.2, 0.25) is 5.91 Å². The van der Waals surface area contributed by atoms with E-state index in [0.29, 0.717) is 24.3 Å². The average Bonchev–Trinajstić information content (AvgIpc) is 2.98. The summed E-state index contributed by atoms with van der Waals surface area (Å²) in [5.74, 6) is 0.394. The van der Waals surface area contributed by atoms with Crippen LogP contribution in [0.1, 0.15) is 40.6 Å². The Balaban J connectivity index is 1.53. The van der Waals surface area contributed by atoms with Crippen molar-refractivity contribution in [3.8, 4) is 0 Å². The van der Waals surface area contributed by atoms with E-state index in [2.05, 4.69) is 4.98 Å². The molecular formula is C21H22FN3O2S. The SMILES string of the molecule is Cc1sc2nc([C@H]3CCCN(C(=O)Cc4ccc(F)cc4)C3)[nH]c(=O)c2c1C. The Morgan fingerprint density at radius 1 is 1.32 bits per heavy atom. The molecule has 2 aromatic heterocycles. The van der Waals surface area contributed by atoms with Gasteiger partial charge < -0.3 is 9.88 Å². The van der Waals surface area contributed by atoms with Crippen LogP contribution in [-0.2, 0) is 11.2 Å². The first-order chi connectivity index (χ1) is 13.4. The van der Waals surface area contributed by atoms with E-state index in [9.17, 15) is 14.0 Å². The second kappa shape index (κ2) is 7.47. The molecule has 1 fully saturated rings. The van der Waals surface area contributed by atoms with Crippen molar-refractivity contribution in [3.63, 3.8) is 0 Å². The Labute approximate surface area is 166 Å². The van der Waals surface area contributed by atoms with Gasteiger partial charge in [0, 0.05) is 23.9 Å². The number of hydrogen-bond acceptors (Lipinski definition) is 4. The molecule has 0 radical (unpaired) electrons. The summed E-state index contributed by atoms with van der Waals surface area (Å²) in [5, 5.41) is 0.673. The molecule has 0 unspecified atom stereocenters. The molecule has 4 rings (SSSR count). The van der Waals surface area contributed by atoms with Crippen LogP contribution < -0.4 is 5.56 Å². The topological polar surface area (TPSA) is 66.1 Å². The number of amides is 1. The van der Waals surface area contributed by atoms with E-state index in [4.69, 9.17) is 4.98 Å². The predicted octanol–water partition coefficient (Wildman–Crippen LogP) is 3.69. The van der Waals surface area contributed by atoms with Crippen LogP contribution in [0, 0.1) is 19.7 Å². The number of H-pyrrole nitrogens is 1. The number of nitrogens with zero attached hydrogens (tertiary/aromatic N) is 2. The third-order valence-corrected chi connectivity index (χ3v) is 6.59. The van der Waals surface area contributed by atoms with Crippen molar-refractivity contribution in [3.05, 3.63) is 62.3 Å². The molecule has 1 saturated heterocycles. The first-order valence-electron chi connectivity index (χ1n) is 9.44. The van der Waals surface area contributed by atoms with Gasteiger partial charge in [-0.15, -0.1) is 11.3 Å². The second-order valence-electron chi connectivity index (χ2n) is 7.40. The number of nitrogens with one attached hydrogen (secondary N) is 1. The van der Waals surface area contributed by atoms with E-state index in [1.165, 1.54) is 23.5 Å². The second-order valence-corrected chi connectivity index (χ2v) is 8.60. The summed E-state index contributed by atoms with van der Waals surface area (Å²) in [7, 11) is 0. The monoisotopic (exact) mass is 399 g/mol. The van der Waals surface area contributed by atoms with Gasteiger partial charge in [-0.2, -0.15) is 0 Å².